The molecule has 0 N–H and O–H groups in total. The van der Waals surface area contributed by atoms with Gasteiger partial charge in [0.25, 0.3) is 5.78 Å². The van der Waals surface area contributed by atoms with E-state index >= 15 is 0 Å². The molecule has 158 valence electrons. The summed E-state index contributed by atoms with van der Waals surface area (Å²) in [5.74, 6) is 2.40. The van der Waals surface area contributed by atoms with E-state index in [2.05, 4.69) is 20.9 Å². The third-order valence-electron chi connectivity index (χ3n) is 5.89. The van der Waals surface area contributed by atoms with Crippen LogP contribution in [0.2, 0.25) is 0 Å². The second-order valence-corrected chi connectivity index (χ2v) is 8.22. The van der Waals surface area contributed by atoms with Crippen LogP contribution in [0.15, 0.2) is 6.07 Å². The van der Waals surface area contributed by atoms with Gasteiger partial charge in [-0.2, -0.15) is 9.50 Å². The van der Waals surface area contributed by atoms with Crippen LogP contribution in [0.4, 0.5) is 5.82 Å². The number of nitrogens with zero attached hydrogens (tertiary/aromatic N) is 6. The summed E-state index contributed by atoms with van der Waals surface area (Å²) < 4.78 is 7.12. The van der Waals surface area contributed by atoms with Gasteiger partial charge in [-0.3, -0.25) is 9.69 Å². The zero-order valence-corrected chi connectivity index (χ0v) is 17.6. The molecule has 1 atom stereocenters. The lowest BCUT2D eigenvalue weighted by molar-refractivity contribution is -0.150. The predicted octanol–water partition coefficient (Wildman–Crippen LogP) is 2.59. The van der Waals surface area contributed by atoms with Crippen LogP contribution in [0.5, 0.6) is 0 Å². The van der Waals surface area contributed by atoms with Gasteiger partial charge in [0.15, 0.2) is 5.82 Å². The van der Waals surface area contributed by atoms with E-state index < -0.39 is 0 Å². The van der Waals surface area contributed by atoms with Crippen LogP contribution in [0.1, 0.15) is 57.0 Å². The van der Waals surface area contributed by atoms with Crippen molar-refractivity contribution in [3.63, 3.8) is 0 Å². The van der Waals surface area contributed by atoms with E-state index in [1.807, 2.05) is 18.4 Å². The molecule has 0 radical (unpaired) electrons. The maximum absolute atomic E-state index is 12.1. The molecule has 2 aliphatic rings. The molecule has 2 aromatic heterocycles. The predicted molar refractivity (Wildman–Crippen MR) is 111 cm³/mol. The lowest BCUT2D eigenvalue weighted by atomic mass is 9.98. The largest absolute Gasteiger partial charge is 0.466 e. The first kappa shape index (κ1) is 20.1. The van der Waals surface area contributed by atoms with E-state index in [0.29, 0.717) is 25.5 Å². The van der Waals surface area contributed by atoms with Crippen molar-refractivity contribution in [2.24, 2.45) is 5.92 Å². The van der Waals surface area contributed by atoms with Gasteiger partial charge in [-0.15, -0.1) is 5.10 Å². The van der Waals surface area contributed by atoms with Gasteiger partial charge in [-0.1, -0.05) is 12.8 Å². The first-order chi connectivity index (χ1) is 14.1. The normalized spacial score (nSPS) is 21.3. The van der Waals surface area contributed by atoms with Crippen molar-refractivity contribution in [3.05, 3.63) is 17.6 Å². The first-order valence-corrected chi connectivity index (χ1v) is 11.0. The fourth-order valence-electron chi connectivity index (χ4n) is 4.45. The second-order valence-electron chi connectivity index (χ2n) is 8.22. The number of carbonyl (C=O) groups is 1. The average molecular weight is 401 g/mol. The van der Waals surface area contributed by atoms with Gasteiger partial charge in [0, 0.05) is 31.4 Å². The average Bonchev–Trinajstić information content (AvgIpc) is 2.92. The molecular formula is C21H32N6O2. The van der Waals surface area contributed by atoms with E-state index in [9.17, 15) is 4.79 Å². The van der Waals surface area contributed by atoms with Crippen LogP contribution in [-0.4, -0.2) is 63.2 Å². The van der Waals surface area contributed by atoms with Crippen molar-refractivity contribution >= 4 is 17.6 Å². The number of ether oxygens (including phenoxy) is 1. The van der Waals surface area contributed by atoms with Gasteiger partial charge >= 0.3 is 5.97 Å². The third kappa shape index (κ3) is 4.69. The number of anilines is 1. The Hall–Kier alpha value is -2.22. The number of esters is 1. The van der Waals surface area contributed by atoms with Gasteiger partial charge in [0.1, 0.15) is 5.82 Å². The van der Waals surface area contributed by atoms with Crippen molar-refractivity contribution in [1.82, 2.24) is 24.5 Å². The van der Waals surface area contributed by atoms with Crippen LogP contribution in [0.25, 0.3) is 5.78 Å². The lowest BCUT2D eigenvalue weighted by Gasteiger charge is -2.30. The number of rotatable bonds is 5. The zero-order chi connectivity index (χ0) is 20.2. The molecule has 2 aromatic rings. The summed E-state index contributed by atoms with van der Waals surface area (Å²) in [6, 6.07) is 2.12. The molecule has 0 aliphatic carbocycles. The summed E-state index contributed by atoms with van der Waals surface area (Å²) in [4.78, 5) is 26.1. The number of fused-ring (bicyclic) bond motifs is 1. The van der Waals surface area contributed by atoms with Crippen LogP contribution in [0, 0.1) is 12.8 Å². The molecule has 0 spiro atoms. The molecule has 0 aromatic carbocycles. The SMILES string of the molecule is CCOC(=O)[C@@H]1CCCN(Cc2nc3nc(C)cc(N4CCCCCC4)n3n2)C1. The number of hydrogen-bond donors (Lipinski definition) is 0. The van der Waals surface area contributed by atoms with Crippen molar-refractivity contribution < 1.29 is 9.53 Å². The monoisotopic (exact) mass is 400 g/mol. The van der Waals surface area contributed by atoms with E-state index in [0.717, 1.165) is 49.8 Å². The van der Waals surface area contributed by atoms with Crippen LogP contribution in [0.3, 0.4) is 0 Å². The molecule has 2 fully saturated rings. The fraction of sp³-hybridized carbons (Fsp3) is 0.714. The summed E-state index contributed by atoms with van der Waals surface area (Å²) in [7, 11) is 0. The molecule has 4 heterocycles. The highest BCUT2D eigenvalue weighted by Crippen LogP contribution is 2.22. The Kier molecular flexibility index (Phi) is 6.28. The van der Waals surface area contributed by atoms with Crippen LogP contribution in [-0.2, 0) is 16.1 Å². The Labute approximate surface area is 172 Å². The van der Waals surface area contributed by atoms with Crippen molar-refractivity contribution in [2.45, 2.75) is 58.9 Å². The van der Waals surface area contributed by atoms with Crippen LogP contribution >= 0.6 is 0 Å². The number of hydrogen-bond acceptors (Lipinski definition) is 7. The number of aryl methyl sites for hydroxylation is 1. The topological polar surface area (TPSA) is 75.9 Å². The minimum Gasteiger partial charge on any atom is -0.466 e. The number of likely N-dealkylation sites (tertiary alicyclic amines) is 1. The molecule has 2 saturated heterocycles. The van der Waals surface area contributed by atoms with Gasteiger partial charge in [-0.05, 0) is 46.1 Å². The molecule has 4 rings (SSSR count). The van der Waals surface area contributed by atoms with E-state index in [-0.39, 0.29) is 11.9 Å². The molecule has 0 amide bonds. The van der Waals surface area contributed by atoms with Gasteiger partial charge in [0.2, 0.25) is 0 Å². The molecule has 2 aliphatic heterocycles. The highest BCUT2D eigenvalue weighted by Gasteiger charge is 2.27. The highest BCUT2D eigenvalue weighted by molar-refractivity contribution is 5.72. The third-order valence-corrected chi connectivity index (χ3v) is 5.89. The molecule has 29 heavy (non-hydrogen) atoms. The minimum atomic E-state index is -0.0825. The van der Waals surface area contributed by atoms with E-state index in [1.165, 1.54) is 25.7 Å². The van der Waals surface area contributed by atoms with E-state index in [4.69, 9.17) is 14.8 Å². The molecule has 8 heteroatoms. The quantitative estimate of drug-likeness (QED) is 0.714. The van der Waals surface area contributed by atoms with Gasteiger partial charge in [-0.25, -0.2) is 4.98 Å². The smallest absolute Gasteiger partial charge is 0.310 e. The summed E-state index contributed by atoms with van der Waals surface area (Å²) in [6.07, 6.45) is 6.91. The Morgan fingerprint density at radius 2 is 1.93 bits per heavy atom. The first-order valence-electron chi connectivity index (χ1n) is 11.0. The van der Waals surface area contributed by atoms with Gasteiger partial charge in [0.05, 0.1) is 19.1 Å². The molecule has 0 bridgehead atoms. The van der Waals surface area contributed by atoms with Crippen molar-refractivity contribution in [3.8, 4) is 0 Å². The second kappa shape index (κ2) is 9.07. The summed E-state index contributed by atoms with van der Waals surface area (Å²) in [5, 5.41) is 4.80. The summed E-state index contributed by atoms with van der Waals surface area (Å²) in [6.45, 7) is 8.73. The molecule has 0 unspecified atom stereocenters. The standard InChI is InChI=1S/C21H32N6O2/c1-3-29-20(28)17-9-8-10-25(14-17)15-18-23-21-22-16(2)13-19(27(21)24-18)26-11-6-4-5-7-12-26/h13,17H,3-12,14-15H2,1-2H3/t17-/m1/s1. The summed E-state index contributed by atoms with van der Waals surface area (Å²) in [5.41, 5.74) is 0.969. The van der Waals surface area contributed by atoms with E-state index in [1.54, 1.807) is 0 Å². The maximum atomic E-state index is 12.1. The minimum absolute atomic E-state index is 0.0474. The van der Waals surface area contributed by atoms with Crippen LogP contribution < -0.4 is 4.90 Å². The number of carbonyl (C=O) groups excluding carboxylic acids is 1. The number of aromatic nitrogens is 4. The molecule has 0 saturated carbocycles. The lowest BCUT2D eigenvalue weighted by Crippen LogP contribution is -2.39. The molecule has 8 nitrogen and oxygen atoms in total. The molecular weight excluding hydrogens is 368 g/mol. The maximum Gasteiger partial charge on any atom is 0.310 e. The number of piperidine rings is 1. The summed E-state index contributed by atoms with van der Waals surface area (Å²) >= 11 is 0. The van der Waals surface area contributed by atoms with Crippen molar-refractivity contribution in [2.75, 3.05) is 37.7 Å². The Balaban J connectivity index is 1.53. The highest BCUT2D eigenvalue weighted by atomic mass is 16.5. The Bertz CT molecular complexity index is 843. The zero-order valence-electron chi connectivity index (χ0n) is 17.6. The Morgan fingerprint density at radius 3 is 2.69 bits per heavy atom. The fourth-order valence-corrected chi connectivity index (χ4v) is 4.45. The van der Waals surface area contributed by atoms with Crippen molar-refractivity contribution in [1.29, 1.82) is 0 Å². The Morgan fingerprint density at radius 1 is 1.14 bits per heavy atom. The van der Waals surface area contributed by atoms with Gasteiger partial charge < -0.3 is 9.64 Å².